The molecular weight excluding hydrogens is 164 g/mol. The number of ketones is 1. The van der Waals surface area contributed by atoms with Gasteiger partial charge in [0.05, 0.1) is 17.8 Å². The summed E-state index contributed by atoms with van der Waals surface area (Å²) in [6.07, 6.45) is 3.66. The van der Waals surface area contributed by atoms with Gasteiger partial charge in [-0.15, -0.1) is 0 Å². The molecule has 0 aliphatic carbocycles. The van der Waals surface area contributed by atoms with Gasteiger partial charge in [0, 0.05) is 18.3 Å². The maximum absolute atomic E-state index is 11.4. The third-order valence-corrected chi connectivity index (χ3v) is 1.97. The Balaban J connectivity index is 2.75. The van der Waals surface area contributed by atoms with E-state index in [1.54, 1.807) is 12.4 Å². The van der Waals surface area contributed by atoms with Crippen molar-refractivity contribution in [3.63, 3.8) is 0 Å². The second-order valence-electron chi connectivity index (χ2n) is 3.39. The fourth-order valence-corrected chi connectivity index (χ4v) is 0.979. The number of rotatable bonds is 3. The first-order chi connectivity index (χ1) is 6.11. The van der Waals surface area contributed by atoms with E-state index in [4.69, 9.17) is 0 Å². The van der Waals surface area contributed by atoms with Crippen LogP contribution in [0.2, 0.25) is 0 Å². The Morgan fingerprint density at radius 3 is 2.54 bits per heavy atom. The predicted octanol–water partition coefficient (Wildman–Crippen LogP) is 1.55. The number of carbonyl (C=O) groups excluding carboxylic acids is 1. The summed E-state index contributed by atoms with van der Waals surface area (Å²) in [6.45, 7) is 5.66. The number of aryl methyl sites for hydroxylation is 1. The highest BCUT2D eigenvalue weighted by Crippen LogP contribution is 2.05. The molecule has 13 heavy (non-hydrogen) atoms. The molecule has 0 aliphatic rings. The average Bonchev–Trinajstić information content (AvgIpc) is 2.08. The molecule has 3 nitrogen and oxygen atoms in total. The fourth-order valence-electron chi connectivity index (χ4n) is 0.979. The molecule has 0 saturated heterocycles. The van der Waals surface area contributed by atoms with E-state index < -0.39 is 0 Å². The second kappa shape index (κ2) is 4.12. The van der Waals surface area contributed by atoms with Gasteiger partial charge in [-0.3, -0.25) is 14.8 Å². The predicted molar refractivity (Wildman–Crippen MR) is 50.3 cm³/mol. The zero-order valence-electron chi connectivity index (χ0n) is 8.24. The Morgan fingerprint density at radius 2 is 2.00 bits per heavy atom. The van der Waals surface area contributed by atoms with Crippen molar-refractivity contribution in [1.82, 2.24) is 9.97 Å². The summed E-state index contributed by atoms with van der Waals surface area (Å²) in [4.78, 5) is 19.6. The summed E-state index contributed by atoms with van der Waals surface area (Å²) >= 11 is 0. The van der Waals surface area contributed by atoms with E-state index >= 15 is 0 Å². The normalized spacial score (nSPS) is 10.5. The molecule has 1 rings (SSSR count). The van der Waals surface area contributed by atoms with Crippen LogP contribution in [0.1, 0.15) is 25.2 Å². The quantitative estimate of drug-likeness (QED) is 0.705. The number of carbonyl (C=O) groups is 1. The summed E-state index contributed by atoms with van der Waals surface area (Å²) in [5, 5.41) is 0. The third kappa shape index (κ3) is 2.61. The largest absolute Gasteiger partial charge is 0.299 e. The highest BCUT2D eigenvalue weighted by atomic mass is 16.1. The lowest BCUT2D eigenvalue weighted by Gasteiger charge is -2.04. The lowest BCUT2D eigenvalue weighted by molar-refractivity contribution is -0.121. The standard InChI is InChI=1S/C10H14N2O/c1-7(2)10(13)6-9-8(3)11-4-5-12-9/h4-5,7H,6H2,1-3H3. The van der Waals surface area contributed by atoms with E-state index in [0.717, 1.165) is 11.4 Å². The van der Waals surface area contributed by atoms with Crippen LogP contribution in [-0.2, 0) is 11.2 Å². The van der Waals surface area contributed by atoms with Crippen LogP contribution in [-0.4, -0.2) is 15.8 Å². The van der Waals surface area contributed by atoms with Crippen LogP contribution < -0.4 is 0 Å². The van der Waals surface area contributed by atoms with Gasteiger partial charge < -0.3 is 0 Å². The fraction of sp³-hybridized carbons (Fsp3) is 0.500. The van der Waals surface area contributed by atoms with Crippen molar-refractivity contribution in [2.75, 3.05) is 0 Å². The van der Waals surface area contributed by atoms with E-state index in [1.165, 1.54) is 0 Å². The van der Waals surface area contributed by atoms with Gasteiger partial charge in [-0.2, -0.15) is 0 Å². The first-order valence-electron chi connectivity index (χ1n) is 4.40. The van der Waals surface area contributed by atoms with Crippen LogP contribution in [0.5, 0.6) is 0 Å². The van der Waals surface area contributed by atoms with Gasteiger partial charge in [-0.05, 0) is 6.92 Å². The van der Waals surface area contributed by atoms with Crippen molar-refractivity contribution in [3.05, 3.63) is 23.8 Å². The summed E-state index contributed by atoms with van der Waals surface area (Å²) < 4.78 is 0. The van der Waals surface area contributed by atoms with E-state index in [9.17, 15) is 4.79 Å². The van der Waals surface area contributed by atoms with Gasteiger partial charge in [0.25, 0.3) is 0 Å². The van der Waals surface area contributed by atoms with Crippen molar-refractivity contribution < 1.29 is 4.79 Å². The van der Waals surface area contributed by atoms with E-state index in [0.29, 0.717) is 6.42 Å². The molecule has 0 spiro atoms. The summed E-state index contributed by atoms with van der Waals surface area (Å²) in [5.41, 5.74) is 1.64. The summed E-state index contributed by atoms with van der Waals surface area (Å²) in [7, 11) is 0. The Hall–Kier alpha value is -1.25. The molecule has 1 aromatic heterocycles. The topological polar surface area (TPSA) is 42.9 Å². The van der Waals surface area contributed by atoms with Crippen LogP contribution >= 0.6 is 0 Å². The third-order valence-electron chi connectivity index (χ3n) is 1.97. The molecule has 0 bridgehead atoms. The molecule has 0 atom stereocenters. The van der Waals surface area contributed by atoms with Crippen LogP contribution in [0.4, 0.5) is 0 Å². The van der Waals surface area contributed by atoms with E-state index in [-0.39, 0.29) is 11.7 Å². The molecule has 0 unspecified atom stereocenters. The highest BCUT2D eigenvalue weighted by Gasteiger charge is 2.10. The van der Waals surface area contributed by atoms with Gasteiger partial charge in [-0.25, -0.2) is 0 Å². The molecule has 3 heteroatoms. The molecule has 0 amide bonds. The van der Waals surface area contributed by atoms with E-state index in [2.05, 4.69) is 9.97 Å². The minimum Gasteiger partial charge on any atom is -0.299 e. The zero-order valence-corrected chi connectivity index (χ0v) is 8.24. The van der Waals surface area contributed by atoms with Crippen molar-refractivity contribution in [1.29, 1.82) is 0 Å². The average molecular weight is 178 g/mol. The van der Waals surface area contributed by atoms with Gasteiger partial charge in [-0.1, -0.05) is 13.8 Å². The Bertz CT molecular complexity index is 308. The molecule has 0 radical (unpaired) electrons. The Kier molecular flexibility index (Phi) is 3.12. The van der Waals surface area contributed by atoms with Crippen LogP contribution in [0.3, 0.4) is 0 Å². The minimum atomic E-state index is 0.0707. The van der Waals surface area contributed by atoms with Crippen LogP contribution in [0, 0.1) is 12.8 Å². The monoisotopic (exact) mass is 178 g/mol. The van der Waals surface area contributed by atoms with Crippen molar-refractivity contribution in [2.24, 2.45) is 5.92 Å². The maximum Gasteiger partial charge on any atom is 0.141 e. The molecule has 1 heterocycles. The van der Waals surface area contributed by atoms with Crippen LogP contribution in [0.25, 0.3) is 0 Å². The zero-order chi connectivity index (χ0) is 9.84. The van der Waals surface area contributed by atoms with Crippen molar-refractivity contribution in [3.8, 4) is 0 Å². The molecule has 70 valence electrons. The number of hydrogen-bond acceptors (Lipinski definition) is 3. The molecule has 0 aliphatic heterocycles. The van der Waals surface area contributed by atoms with Crippen LogP contribution in [0.15, 0.2) is 12.4 Å². The molecule has 0 saturated carbocycles. The number of aromatic nitrogens is 2. The number of Topliss-reactive ketones (excluding diaryl/α,β-unsaturated/α-hetero) is 1. The summed E-state index contributed by atoms with van der Waals surface area (Å²) in [6, 6.07) is 0. The molecule has 0 fully saturated rings. The lowest BCUT2D eigenvalue weighted by atomic mass is 10.0. The lowest BCUT2D eigenvalue weighted by Crippen LogP contribution is -2.12. The van der Waals surface area contributed by atoms with Gasteiger partial charge >= 0.3 is 0 Å². The number of hydrogen-bond donors (Lipinski definition) is 0. The first kappa shape index (κ1) is 9.84. The molecular formula is C10H14N2O. The van der Waals surface area contributed by atoms with Gasteiger partial charge in [0.2, 0.25) is 0 Å². The van der Waals surface area contributed by atoms with Gasteiger partial charge in [0.1, 0.15) is 5.78 Å². The Labute approximate surface area is 78.2 Å². The highest BCUT2D eigenvalue weighted by molar-refractivity contribution is 5.82. The minimum absolute atomic E-state index is 0.0707. The first-order valence-corrected chi connectivity index (χ1v) is 4.40. The molecule has 0 N–H and O–H groups in total. The smallest absolute Gasteiger partial charge is 0.141 e. The summed E-state index contributed by atoms with van der Waals surface area (Å²) in [5.74, 6) is 0.282. The second-order valence-corrected chi connectivity index (χ2v) is 3.39. The number of nitrogens with zero attached hydrogens (tertiary/aromatic N) is 2. The molecule has 1 aromatic rings. The van der Waals surface area contributed by atoms with Crippen molar-refractivity contribution in [2.45, 2.75) is 27.2 Å². The van der Waals surface area contributed by atoms with E-state index in [1.807, 2.05) is 20.8 Å². The van der Waals surface area contributed by atoms with Gasteiger partial charge in [0.15, 0.2) is 0 Å². The maximum atomic E-state index is 11.4. The molecule has 0 aromatic carbocycles. The van der Waals surface area contributed by atoms with Crippen molar-refractivity contribution >= 4 is 5.78 Å². The SMILES string of the molecule is Cc1nccnc1CC(=O)C(C)C. The Morgan fingerprint density at radius 1 is 1.38 bits per heavy atom.